The molecule has 0 aliphatic carbocycles. The first kappa shape index (κ1) is 19.7. The molecule has 0 spiro atoms. The molecule has 1 aliphatic rings. The smallest absolute Gasteiger partial charge is 0.231 e. The molecule has 28 heavy (non-hydrogen) atoms. The van der Waals surface area contributed by atoms with E-state index in [1.165, 1.54) is 0 Å². The largest absolute Gasteiger partial charge is 0.493 e. The van der Waals surface area contributed by atoms with Gasteiger partial charge in [-0.05, 0) is 48.7 Å². The van der Waals surface area contributed by atoms with Gasteiger partial charge in [0.25, 0.3) is 0 Å². The van der Waals surface area contributed by atoms with Crippen molar-refractivity contribution in [2.45, 2.75) is 25.9 Å². The SMILES string of the molecule is C=CCc1cc(OC)c(O[C@@H](C)Cc2cc(OC)c3c(c2)OCO3)c(OC)c1. The summed E-state index contributed by atoms with van der Waals surface area (Å²) >= 11 is 0. The lowest BCUT2D eigenvalue weighted by atomic mass is 10.1. The van der Waals surface area contributed by atoms with Crippen molar-refractivity contribution in [2.75, 3.05) is 28.1 Å². The summed E-state index contributed by atoms with van der Waals surface area (Å²) in [6.07, 6.45) is 3.07. The predicted octanol–water partition coefficient (Wildman–Crippen LogP) is 4.18. The van der Waals surface area contributed by atoms with E-state index >= 15 is 0 Å². The normalized spacial score (nSPS) is 13.0. The van der Waals surface area contributed by atoms with Crippen molar-refractivity contribution < 1.29 is 28.4 Å². The molecule has 0 amide bonds. The van der Waals surface area contributed by atoms with Crippen LogP contribution in [0.4, 0.5) is 0 Å². The Hall–Kier alpha value is -3.02. The van der Waals surface area contributed by atoms with E-state index in [1.54, 1.807) is 21.3 Å². The maximum absolute atomic E-state index is 6.20. The zero-order valence-corrected chi connectivity index (χ0v) is 16.7. The van der Waals surface area contributed by atoms with Crippen LogP contribution in [-0.4, -0.2) is 34.2 Å². The number of fused-ring (bicyclic) bond motifs is 1. The summed E-state index contributed by atoms with van der Waals surface area (Å²) in [5.41, 5.74) is 2.07. The summed E-state index contributed by atoms with van der Waals surface area (Å²) in [5.74, 6) is 3.82. The Balaban J connectivity index is 1.81. The Kier molecular flexibility index (Phi) is 6.19. The minimum atomic E-state index is -0.141. The van der Waals surface area contributed by atoms with E-state index in [0.29, 0.717) is 40.9 Å². The predicted molar refractivity (Wildman–Crippen MR) is 106 cm³/mol. The molecular formula is C22H26O6. The van der Waals surface area contributed by atoms with Crippen LogP contribution in [0.2, 0.25) is 0 Å². The van der Waals surface area contributed by atoms with Gasteiger partial charge in [0, 0.05) is 6.42 Å². The first-order valence-electron chi connectivity index (χ1n) is 9.08. The van der Waals surface area contributed by atoms with Gasteiger partial charge in [-0.15, -0.1) is 6.58 Å². The van der Waals surface area contributed by atoms with Crippen molar-refractivity contribution in [2.24, 2.45) is 0 Å². The van der Waals surface area contributed by atoms with E-state index in [4.69, 9.17) is 28.4 Å². The lowest BCUT2D eigenvalue weighted by molar-refractivity contribution is 0.171. The van der Waals surface area contributed by atoms with E-state index in [1.807, 2.05) is 37.3 Å². The molecule has 2 aromatic carbocycles. The van der Waals surface area contributed by atoms with Crippen LogP contribution in [-0.2, 0) is 12.8 Å². The van der Waals surface area contributed by atoms with Crippen LogP contribution < -0.4 is 28.4 Å². The molecule has 3 rings (SSSR count). The first-order chi connectivity index (χ1) is 13.6. The van der Waals surface area contributed by atoms with Crippen LogP contribution in [0, 0.1) is 0 Å². The fraction of sp³-hybridized carbons (Fsp3) is 0.364. The second kappa shape index (κ2) is 8.78. The Morgan fingerprint density at radius 1 is 0.964 bits per heavy atom. The van der Waals surface area contributed by atoms with Crippen LogP contribution in [0.5, 0.6) is 34.5 Å². The van der Waals surface area contributed by atoms with E-state index in [2.05, 4.69) is 6.58 Å². The second-order valence-electron chi connectivity index (χ2n) is 6.49. The molecule has 0 aromatic heterocycles. The third-order valence-corrected chi connectivity index (χ3v) is 4.46. The van der Waals surface area contributed by atoms with Gasteiger partial charge in [-0.1, -0.05) is 6.08 Å². The second-order valence-corrected chi connectivity index (χ2v) is 6.49. The number of benzene rings is 2. The maximum atomic E-state index is 6.20. The molecule has 0 radical (unpaired) electrons. The fourth-order valence-corrected chi connectivity index (χ4v) is 3.21. The van der Waals surface area contributed by atoms with Gasteiger partial charge in [-0.2, -0.15) is 0 Å². The third kappa shape index (κ3) is 4.11. The Morgan fingerprint density at radius 2 is 1.61 bits per heavy atom. The zero-order chi connectivity index (χ0) is 20.1. The highest BCUT2D eigenvalue weighted by atomic mass is 16.7. The molecular weight excluding hydrogens is 360 g/mol. The van der Waals surface area contributed by atoms with E-state index < -0.39 is 0 Å². The summed E-state index contributed by atoms with van der Waals surface area (Å²) in [6.45, 7) is 5.98. The van der Waals surface area contributed by atoms with E-state index in [-0.39, 0.29) is 12.9 Å². The number of allylic oxidation sites excluding steroid dienone is 1. The van der Waals surface area contributed by atoms with Crippen molar-refractivity contribution in [3.63, 3.8) is 0 Å². The van der Waals surface area contributed by atoms with Crippen LogP contribution in [0.15, 0.2) is 36.9 Å². The summed E-state index contributed by atoms with van der Waals surface area (Å²) in [4.78, 5) is 0. The summed E-state index contributed by atoms with van der Waals surface area (Å²) in [7, 11) is 4.85. The number of ether oxygens (including phenoxy) is 6. The van der Waals surface area contributed by atoms with Crippen molar-refractivity contribution in [3.8, 4) is 34.5 Å². The van der Waals surface area contributed by atoms with Gasteiger partial charge in [-0.25, -0.2) is 0 Å². The minimum absolute atomic E-state index is 0.141. The molecule has 0 fully saturated rings. The quantitative estimate of drug-likeness (QED) is 0.603. The van der Waals surface area contributed by atoms with E-state index in [0.717, 1.165) is 17.5 Å². The van der Waals surface area contributed by atoms with Gasteiger partial charge in [-0.3, -0.25) is 0 Å². The highest BCUT2D eigenvalue weighted by molar-refractivity contribution is 5.56. The maximum Gasteiger partial charge on any atom is 0.231 e. The summed E-state index contributed by atoms with van der Waals surface area (Å²) in [5, 5.41) is 0. The van der Waals surface area contributed by atoms with Gasteiger partial charge in [0.1, 0.15) is 6.10 Å². The average Bonchev–Trinajstić information content (AvgIpc) is 3.16. The molecule has 1 heterocycles. The lowest BCUT2D eigenvalue weighted by Gasteiger charge is -2.20. The van der Waals surface area contributed by atoms with Gasteiger partial charge in [0.2, 0.25) is 18.3 Å². The van der Waals surface area contributed by atoms with Crippen molar-refractivity contribution in [3.05, 3.63) is 48.0 Å². The molecule has 1 aliphatic heterocycles. The van der Waals surface area contributed by atoms with E-state index in [9.17, 15) is 0 Å². The topological polar surface area (TPSA) is 55.4 Å². The monoisotopic (exact) mass is 386 g/mol. The van der Waals surface area contributed by atoms with Crippen LogP contribution in [0.1, 0.15) is 18.1 Å². The third-order valence-electron chi connectivity index (χ3n) is 4.46. The number of hydrogen-bond acceptors (Lipinski definition) is 6. The number of hydrogen-bond donors (Lipinski definition) is 0. The number of rotatable bonds is 9. The molecule has 2 aromatic rings. The fourth-order valence-electron chi connectivity index (χ4n) is 3.21. The standard InChI is InChI=1S/C22H26O6/c1-6-7-15-9-18(24-4)22(19(10-15)25-5)28-14(2)8-16-11-17(23-3)21-20(12-16)26-13-27-21/h6,9-12,14H,1,7-8,13H2,2-5H3/t14-/m0/s1. The summed E-state index contributed by atoms with van der Waals surface area (Å²) < 4.78 is 33.6. The molecule has 0 saturated heterocycles. The van der Waals surface area contributed by atoms with Gasteiger partial charge < -0.3 is 28.4 Å². The molecule has 150 valence electrons. The Labute approximate surface area is 165 Å². The molecule has 1 atom stereocenters. The molecule has 6 heteroatoms. The van der Waals surface area contributed by atoms with Gasteiger partial charge in [0.05, 0.1) is 21.3 Å². The Bertz CT molecular complexity index is 820. The minimum Gasteiger partial charge on any atom is -0.493 e. The Morgan fingerprint density at radius 3 is 2.21 bits per heavy atom. The molecule has 6 nitrogen and oxygen atoms in total. The lowest BCUT2D eigenvalue weighted by Crippen LogP contribution is -2.16. The van der Waals surface area contributed by atoms with Crippen molar-refractivity contribution >= 4 is 0 Å². The van der Waals surface area contributed by atoms with Gasteiger partial charge in [0.15, 0.2) is 23.0 Å². The zero-order valence-electron chi connectivity index (χ0n) is 16.7. The van der Waals surface area contributed by atoms with Crippen molar-refractivity contribution in [1.29, 1.82) is 0 Å². The average molecular weight is 386 g/mol. The first-order valence-corrected chi connectivity index (χ1v) is 9.08. The van der Waals surface area contributed by atoms with Gasteiger partial charge >= 0.3 is 0 Å². The molecule has 0 bridgehead atoms. The van der Waals surface area contributed by atoms with Crippen LogP contribution >= 0.6 is 0 Å². The highest BCUT2D eigenvalue weighted by Crippen LogP contribution is 2.43. The molecule has 0 N–H and O–H groups in total. The highest BCUT2D eigenvalue weighted by Gasteiger charge is 2.22. The molecule has 0 saturated carbocycles. The molecule has 0 unspecified atom stereocenters. The number of methoxy groups -OCH3 is 3. The van der Waals surface area contributed by atoms with Crippen LogP contribution in [0.3, 0.4) is 0 Å². The van der Waals surface area contributed by atoms with Crippen molar-refractivity contribution in [1.82, 2.24) is 0 Å². The van der Waals surface area contributed by atoms with Crippen LogP contribution in [0.25, 0.3) is 0 Å². The summed E-state index contributed by atoms with van der Waals surface area (Å²) in [6, 6.07) is 7.77.